The minimum atomic E-state index is -2.65. The van der Waals surface area contributed by atoms with Crippen LogP contribution in [-0.2, 0) is 54.2 Å². The van der Waals surface area contributed by atoms with Gasteiger partial charge < -0.3 is 23.3 Å². The normalized spacial score (nSPS) is 21.6. The van der Waals surface area contributed by atoms with Gasteiger partial charge in [-0.15, -0.1) is 12.3 Å². The molecule has 0 aromatic rings. The Morgan fingerprint density at radius 2 is 1.76 bits per heavy atom. The summed E-state index contributed by atoms with van der Waals surface area (Å²) in [6.45, 7) is 13.9. The first-order chi connectivity index (χ1) is 19.1. The van der Waals surface area contributed by atoms with Crippen molar-refractivity contribution in [2.45, 2.75) is 79.1 Å². The summed E-state index contributed by atoms with van der Waals surface area (Å²) < 4.78 is 25.5. The van der Waals surface area contributed by atoms with Crippen LogP contribution in [0.15, 0.2) is 22.8 Å². The first-order valence-electron chi connectivity index (χ1n) is 13.4. The van der Waals surface area contributed by atoms with Crippen LogP contribution in [0.4, 0.5) is 0 Å². The Bertz CT molecular complexity index is 1120. The second-order valence-corrected chi connectivity index (χ2v) is 16.9. The molecule has 0 radical (unpaired) electrons. The Balaban J connectivity index is 0.000000416. The highest BCUT2D eigenvalue weighted by atomic mass is 32.9. The van der Waals surface area contributed by atoms with Gasteiger partial charge in [0.05, 0.1) is 32.0 Å². The third-order valence-corrected chi connectivity index (χ3v) is 12.7. The number of carbonyl (C=O) groups is 4. The molecule has 230 valence electrons. The molecule has 0 aliphatic heterocycles. The van der Waals surface area contributed by atoms with E-state index >= 15 is 0 Å². The quantitative estimate of drug-likeness (QED) is 0.0836. The van der Waals surface area contributed by atoms with E-state index in [1.165, 1.54) is 19.8 Å². The number of Topliss-reactive ketones (excluding diaryl/α,β-unsaturated/α-hetero) is 1. The molecule has 1 fully saturated rings. The lowest BCUT2D eigenvalue weighted by Crippen LogP contribution is -2.24. The second kappa shape index (κ2) is 16.6. The van der Waals surface area contributed by atoms with E-state index < -0.39 is 29.0 Å². The van der Waals surface area contributed by atoms with Crippen molar-refractivity contribution in [2.75, 3.05) is 27.4 Å². The first-order valence-corrected chi connectivity index (χ1v) is 17.5. The average Bonchev–Trinajstić information content (AvgIpc) is 3.33. The van der Waals surface area contributed by atoms with Crippen molar-refractivity contribution < 1.29 is 42.4 Å². The van der Waals surface area contributed by atoms with Crippen molar-refractivity contribution in [1.29, 1.82) is 0 Å². The summed E-state index contributed by atoms with van der Waals surface area (Å²) in [6, 6.07) is 0. The van der Waals surface area contributed by atoms with Crippen molar-refractivity contribution in [3.8, 4) is 12.3 Å². The molecule has 0 heterocycles. The van der Waals surface area contributed by atoms with Gasteiger partial charge in [-0.3, -0.25) is 19.2 Å². The number of hydrogen-bond acceptors (Lipinski definition) is 11. The van der Waals surface area contributed by atoms with Crippen molar-refractivity contribution in [1.82, 2.24) is 0 Å². The van der Waals surface area contributed by atoms with Gasteiger partial charge in [0.1, 0.15) is 11.4 Å². The predicted octanol–water partition coefficient (Wildman–Crippen LogP) is 5.57. The number of rotatable bonds is 13. The first kappa shape index (κ1) is 37.1. The predicted molar refractivity (Wildman–Crippen MR) is 163 cm³/mol. The fraction of sp³-hybridized carbons (Fsp3) is 0.655. The summed E-state index contributed by atoms with van der Waals surface area (Å²) in [5.74, 6) is 1.38. The van der Waals surface area contributed by atoms with Crippen molar-refractivity contribution in [2.24, 2.45) is 17.3 Å². The SMILES string of the molecule is C#CCC1=C(C)[C@@H](OC(=O)C2C(C=C(C)C)C2(C)C)CC1=O.CCOC(=O)CC(SP(=S)(OC)OC)C(=O)OCC. The maximum atomic E-state index is 12.5. The van der Waals surface area contributed by atoms with Gasteiger partial charge in [-0.25, -0.2) is 0 Å². The number of hydrogen-bond donors (Lipinski definition) is 0. The molecule has 2 aliphatic rings. The molecule has 0 aromatic carbocycles. The number of allylic oxidation sites excluding steroid dienone is 3. The molecule has 9 nitrogen and oxygen atoms in total. The van der Waals surface area contributed by atoms with E-state index in [0.29, 0.717) is 12.0 Å². The summed E-state index contributed by atoms with van der Waals surface area (Å²) >= 11 is 6.17. The third-order valence-electron chi connectivity index (χ3n) is 6.79. The Labute approximate surface area is 253 Å². The molecule has 0 bridgehead atoms. The minimum Gasteiger partial charge on any atom is -0.466 e. The van der Waals surface area contributed by atoms with Gasteiger partial charge in [-0.2, -0.15) is 0 Å². The van der Waals surface area contributed by atoms with Gasteiger partial charge in [-0.05, 0) is 63.3 Å². The van der Waals surface area contributed by atoms with Crippen LogP contribution in [0.5, 0.6) is 0 Å². The molecule has 1 saturated carbocycles. The van der Waals surface area contributed by atoms with Crippen LogP contribution in [0.2, 0.25) is 0 Å². The zero-order chi connectivity index (χ0) is 31.5. The molecule has 0 saturated heterocycles. The van der Waals surface area contributed by atoms with Crippen LogP contribution in [0, 0.1) is 29.6 Å². The molecule has 4 atom stereocenters. The molecule has 2 aliphatic carbocycles. The van der Waals surface area contributed by atoms with Crippen LogP contribution in [0.1, 0.15) is 67.7 Å². The number of terminal acetylenes is 1. The zero-order valence-electron chi connectivity index (χ0n) is 25.4. The topological polar surface area (TPSA) is 114 Å². The number of ketones is 1. The molecule has 0 amide bonds. The molecule has 0 aromatic heterocycles. The van der Waals surface area contributed by atoms with Crippen LogP contribution in [0.25, 0.3) is 0 Å². The maximum absolute atomic E-state index is 12.5. The van der Waals surface area contributed by atoms with E-state index in [1.807, 2.05) is 20.8 Å². The van der Waals surface area contributed by atoms with Gasteiger partial charge >= 0.3 is 17.9 Å². The van der Waals surface area contributed by atoms with Gasteiger partial charge in [0.2, 0.25) is 5.69 Å². The number of ether oxygens (including phenoxy) is 3. The monoisotopic (exact) mass is 630 g/mol. The van der Waals surface area contributed by atoms with E-state index in [2.05, 4.69) is 25.8 Å². The van der Waals surface area contributed by atoms with E-state index in [-0.39, 0.29) is 55.1 Å². The molecule has 41 heavy (non-hydrogen) atoms. The van der Waals surface area contributed by atoms with E-state index in [9.17, 15) is 19.2 Å². The van der Waals surface area contributed by atoms with Gasteiger partial charge in [0.25, 0.3) is 0 Å². The summed E-state index contributed by atoms with van der Waals surface area (Å²) in [7, 11) is 2.81. The largest absolute Gasteiger partial charge is 0.466 e. The fourth-order valence-corrected chi connectivity index (χ4v) is 8.29. The zero-order valence-corrected chi connectivity index (χ0v) is 28.0. The Morgan fingerprint density at radius 1 is 1.17 bits per heavy atom. The molecular weight excluding hydrogens is 587 g/mol. The molecule has 3 unspecified atom stereocenters. The fourth-order valence-electron chi connectivity index (χ4n) is 4.43. The lowest BCUT2D eigenvalue weighted by atomic mass is 10.1. The highest BCUT2D eigenvalue weighted by Crippen LogP contribution is 2.62. The van der Waals surface area contributed by atoms with Gasteiger partial charge in [0.15, 0.2) is 5.78 Å². The average molecular weight is 631 g/mol. The van der Waals surface area contributed by atoms with Crippen molar-refractivity contribution in [3.63, 3.8) is 0 Å². The minimum absolute atomic E-state index is 0.00385. The summed E-state index contributed by atoms with van der Waals surface area (Å²) in [5.41, 5.74) is -0.0676. The maximum Gasteiger partial charge on any atom is 0.320 e. The van der Waals surface area contributed by atoms with E-state index in [4.69, 9.17) is 41.5 Å². The van der Waals surface area contributed by atoms with Gasteiger partial charge in [-0.1, -0.05) is 36.9 Å². The number of carbonyl (C=O) groups excluding carboxylic acids is 4. The highest BCUT2D eigenvalue weighted by Gasteiger charge is 2.61. The molecule has 2 rings (SSSR count). The molecule has 12 heteroatoms. The Morgan fingerprint density at radius 3 is 2.24 bits per heavy atom. The summed E-state index contributed by atoms with van der Waals surface area (Å²) in [4.78, 5) is 47.7. The standard InChI is InChI=1S/C19H24O3.C10H19O6PS2/c1-7-8-13-12(4)16(10-15(13)20)22-18(21)17-14(9-11(2)3)19(17,5)6;1-5-15-9(11)7-8(10(12)16-6-2)19-17(18,13-3)14-4/h1,9,14,16-17H,8,10H2,2-6H3;8H,5-7H2,1-4H3/t14?,16-,17?;/m0./s1. The summed E-state index contributed by atoms with van der Waals surface area (Å²) in [5, 5.41) is -0.787. The van der Waals surface area contributed by atoms with Crippen LogP contribution in [-0.4, -0.2) is 62.5 Å². The number of esters is 3. The van der Waals surface area contributed by atoms with Crippen molar-refractivity contribution >= 4 is 52.6 Å². The van der Waals surface area contributed by atoms with Gasteiger partial charge in [0, 0.05) is 26.2 Å². The summed E-state index contributed by atoms with van der Waals surface area (Å²) in [6.07, 6.45) is 7.41. The smallest absolute Gasteiger partial charge is 0.320 e. The third kappa shape index (κ3) is 10.7. The molecular formula is C29H43O9PS2. The van der Waals surface area contributed by atoms with E-state index in [0.717, 1.165) is 17.0 Å². The van der Waals surface area contributed by atoms with Crippen molar-refractivity contribution in [3.05, 3.63) is 22.8 Å². The van der Waals surface area contributed by atoms with Crippen LogP contribution in [0.3, 0.4) is 0 Å². The second-order valence-electron chi connectivity index (χ2n) is 10.3. The van der Waals surface area contributed by atoms with E-state index in [1.54, 1.807) is 13.8 Å². The lowest BCUT2D eigenvalue weighted by molar-refractivity contribution is -0.150. The highest BCUT2D eigenvalue weighted by molar-refractivity contribution is 8.68. The van der Waals surface area contributed by atoms with Crippen LogP contribution < -0.4 is 0 Å². The molecule has 0 N–H and O–H groups in total. The molecule has 0 spiro atoms. The Hall–Kier alpha value is -1.96. The van der Waals surface area contributed by atoms with Crippen LogP contribution >= 0.6 is 17.1 Å². The Kier molecular flexibility index (Phi) is 15.0. The lowest BCUT2D eigenvalue weighted by Gasteiger charge is -2.21.